The summed E-state index contributed by atoms with van der Waals surface area (Å²) >= 11 is 0. The first kappa shape index (κ1) is 17.8. The summed E-state index contributed by atoms with van der Waals surface area (Å²) in [5, 5.41) is 0. The number of sulfonamides is 1. The maximum absolute atomic E-state index is 13.0. The van der Waals surface area contributed by atoms with Gasteiger partial charge in [-0.05, 0) is 44.0 Å². The third-order valence-electron chi connectivity index (χ3n) is 4.30. The van der Waals surface area contributed by atoms with Gasteiger partial charge in [0.25, 0.3) is 0 Å². The quantitative estimate of drug-likeness (QED) is 0.840. The van der Waals surface area contributed by atoms with Crippen molar-refractivity contribution in [1.29, 1.82) is 0 Å². The fourth-order valence-electron chi connectivity index (χ4n) is 3.27. The van der Waals surface area contributed by atoms with Crippen molar-refractivity contribution in [2.75, 3.05) is 20.2 Å². The Morgan fingerprint density at radius 1 is 1.08 bits per heavy atom. The zero-order valence-electron chi connectivity index (χ0n) is 14.9. The highest BCUT2D eigenvalue weighted by atomic mass is 32.2. The van der Waals surface area contributed by atoms with Gasteiger partial charge in [0.1, 0.15) is 12.7 Å². The van der Waals surface area contributed by atoms with Crippen molar-refractivity contribution in [2.45, 2.75) is 31.8 Å². The van der Waals surface area contributed by atoms with Crippen molar-refractivity contribution in [2.24, 2.45) is 0 Å². The molecule has 0 amide bonds. The Labute approximate surface area is 149 Å². The van der Waals surface area contributed by atoms with E-state index in [9.17, 15) is 8.42 Å². The minimum absolute atomic E-state index is 0.226. The topological polar surface area (TPSA) is 55.8 Å². The molecule has 0 saturated carbocycles. The number of para-hydroxylation sites is 2. The first-order valence-electron chi connectivity index (χ1n) is 8.21. The minimum Gasteiger partial charge on any atom is -0.486 e. The molecule has 1 heterocycles. The summed E-state index contributed by atoms with van der Waals surface area (Å²) in [5.74, 6) is 1.33. The summed E-state index contributed by atoms with van der Waals surface area (Å²) in [4.78, 5) is 0.373. The van der Waals surface area contributed by atoms with Crippen LogP contribution < -0.4 is 9.47 Å². The van der Waals surface area contributed by atoms with Gasteiger partial charge in [0.05, 0.1) is 11.4 Å². The SMILES string of the molecule is Cc1cc(C)c(S(=O)(=O)N(C)C[C@@H]2COc3ccccc3O2)c(C)c1. The Balaban J connectivity index is 1.81. The van der Waals surface area contributed by atoms with Gasteiger partial charge in [-0.3, -0.25) is 0 Å². The number of fused-ring (bicyclic) bond motifs is 1. The van der Waals surface area contributed by atoms with Gasteiger partial charge >= 0.3 is 0 Å². The van der Waals surface area contributed by atoms with E-state index >= 15 is 0 Å². The van der Waals surface area contributed by atoms with Crippen LogP contribution in [0.15, 0.2) is 41.3 Å². The van der Waals surface area contributed by atoms with E-state index in [2.05, 4.69) is 0 Å². The molecule has 2 aromatic rings. The van der Waals surface area contributed by atoms with E-state index in [0.717, 1.165) is 16.7 Å². The molecule has 0 aromatic heterocycles. The van der Waals surface area contributed by atoms with Crippen LogP contribution in [0, 0.1) is 20.8 Å². The van der Waals surface area contributed by atoms with Gasteiger partial charge in [-0.15, -0.1) is 0 Å². The molecular weight excluding hydrogens is 338 g/mol. The molecule has 0 radical (unpaired) electrons. The molecule has 1 aliphatic rings. The van der Waals surface area contributed by atoms with Gasteiger partial charge in [-0.1, -0.05) is 29.8 Å². The van der Waals surface area contributed by atoms with Crippen molar-refractivity contribution in [3.05, 3.63) is 53.1 Å². The molecule has 6 heteroatoms. The third-order valence-corrected chi connectivity index (χ3v) is 6.43. The van der Waals surface area contributed by atoms with Gasteiger partial charge in [-0.2, -0.15) is 4.31 Å². The smallest absolute Gasteiger partial charge is 0.243 e. The van der Waals surface area contributed by atoms with Gasteiger partial charge in [0, 0.05) is 7.05 Å². The molecule has 5 nitrogen and oxygen atoms in total. The van der Waals surface area contributed by atoms with Gasteiger partial charge < -0.3 is 9.47 Å². The van der Waals surface area contributed by atoms with Crippen LogP contribution in [-0.4, -0.2) is 39.0 Å². The van der Waals surface area contributed by atoms with Crippen LogP contribution in [0.4, 0.5) is 0 Å². The number of ether oxygens (including phenoxy) is 2. The minimum atomic E-state index is -3.60. The fraction of sp³-hybridized carbons (Fsp3) is 0.368. The molecule has 134 valence electrons. The largest absolute Gasteiger partial charge is 0.486 e. The Kier molecular flexibility index (Phi) is 4.75. The molecule has 0 saturated heterocycles. The monoisotopic (exact) mass is 361 g/mol. The number of rotatable bonds is 4. The zero-order valence-corrected chi connectivity index (χ0v) is 15.8. The van der Waals surface area contributed by atoms with Crippen molar-refractivity contribution in [3.8, 4) is 11.5 Å². The number of likely N-dealkylation sites (N-methyl/N-ethyl adjacent to an activating group) is 1. The summed E-state index contributed by atoms with van der Waals surface area (Å²) in [6.45, 7) is 6.17. The van der Waals surface area contributed by atoms with Crippen molar-refractivity contribution < 1.29 is 17.9 Å². The van der Waals surface area contributed by atoms with Gasteiger partial charge in [0.15, 0.2) is 11.5 Å². The van der Waals surface area contributed by atoms with Crippen LogP contribution in [0.1, 0.15) is 16.7 Å². The second kappa shape index (κ2) is 6.69. The van der Waals surface area contributed by atoms with Crippen LogP contribution in [0.2, 0.25) is 0 Å². The highest BCUT2D eigenvalue weighted by Gasteiger charge is 2.30. The molecule has 25 heavy (non-hydrogen) atoms. The van der Waals surface area contributed by atoms with E-state index in [1.165, 1.54) is 4.31 Å². The number of nitrogens with zero attached hydrogens (tertiary/aromatic N) is 1. The first-order valence-corrected chi connectivity index (χ1v) is 9.65. The maximum atomic E-state index is 13.0. The second-order valence-corrected chi connectivity index (χ2v) is 8.49. The average Bonchev–Trinajstić information content (AvgIpc) is 2.53. The van der Waals surface area contributed by atoms with Crippen LogP contribution in [0.5, 0.6) is 11.5 Å². The Morgan fingerprint density at radius 2 is 1.68 bits per heavy atom. The molecule has 3 rings (SSSR count). The van der Waals surface area contributed by atoms with Gasteiger partial charge in [0.2, 0.25) is 10.0 Å². The predicted octanol–water partition coefficient (Wildman–Crippen LogP) is 3.07. The van der Waals surface area contributed by atoms with E-state index in [-0.39, 0.29) is 12.6 Å². The molecule has 0 aliphatic carbocycles. The summed E-state index contributed by atoms with van der Waals surface area (Å²) in [6, 6.07) is 11.2. The molecule has 0 unspecified atom stereocenters. The molecule has 1 aliphatic heterocycles. The van der Waals surface area contributed by atoms with E-state index in [4.69, 9.17) is 9.47 Å². The fourth-order valence-corrected chi connectivity index (χ4v) is 4.87. The molecule has 1 atom stereocenters. The van der Waals surface area contributed by atoms with E-state index in [0.29, 0.717) is 23.0 Å². The lowest BCUT2D eigenvalue weighted by Crippen LogP contribution is -2.42. The molecule has 0 spiro atoms. The standard InChI is InChI=1S/C19H23NO4S/c1-13-9-14(2)19(15(3)10-13)25(21,22)20(4)11-16-12-23-17-7-5-6-8-18(17)24-16/h5-10,16H,11-12H2,1-4H3/t16-/m1/s1. The number of hydrogen-bond donors (Lipinski definition) is 0. The maximum Gasteiger partial charge on any atom is 0.243 e. The van der Waals surface area contributed by atoms with E-state index < -0.39 is 10.0 Å². The summed E-state index contributed by atoms with van der Waals surface area (Å²) in [6.07, 6.45) is -0.347. The predicted molar refractivity (Wildman–Crippen MR) is 96.8 cm³/mol. The lowest BCUT2D eigenvalue weighted by Gasteiger charge is -2.29. The lowest BCUT2D eigenvalue weighted by atomic mass is 10.1. The molecule has 2 aromatic carbocycles. The average molecular weight is 361 g/mol. The second-order valence-electron chi connectivity index (χ2n) is 6.51. The molecule has 0 N–H and O–H groups in total. The molecule has 0 fully saturated rings. The zero-order chi connectivity index (χ0) is 18.2. The van der Waals surface area contributed by atoms with Crippen molar-refractivity contribution >= 4 is 10.0 Å². The van der Waals surface area contributed by atoms with Crippen LogP contribution in [0.25, 0.3) is 0 Å². The van der Waals surface area contributed by atoms with Crippen LogP contribution >= 0.6 is 0 Å². The lowest BCUT2D eigenvalue weighted by molar-refractivity contribution is 0.0798. The van der Waals surface area contributed by atoms with Gasteiger partial charge in [-0.25, -0.2) is 8.42 Å². The Morgan fingerprint density at radius 3 is 2.32 bits per heavy atom. The van der Waals surface area contributed by atoms with Crippen LogP contribution in [-0.2, 0) is 10.0 Å². The molecular formula is C19H23NO4S. The first-order chi connectivity index (χ1) is 11.8. The number of benzene rings is 2. The van der Waals surface area contributed by atoms with Crippen molar-refractivity contribution in [1.82, 2.24) is 4.31 Å². The number of aryl methyl sites for hydroxylation is 3. The highest BCUT2D eigenvalue weighted by Crippen LogP contribution is 2.31. The Hall–Kier alpha value is -2.05. The third kappa shape index (κ3) is 3.50. The molecule has 0 bridgehead atoms. The van der Waals surface area contributed by atoms with Crippen LogP contribution in [0.3, 0.4) is 0 Å². The van der Waals surface area contributed by atoms with E-state index in [1.54, 1.807) is 7.05 Å². The normalized spacial score (nSPS) is 16.9. The number of hydrogen-bond acceptors (Lipinski definition) is 4. The summed E-state index contributed by atoms with van der Waals surface area (Å²) in [5.41, 5.74) is 2.57. The van der Waals surface area contributed by atoms with E-state index in [1.807, 2.05) is 57.2 Å². The van der Waals surface area contributed by atoms with Crippen molar-refractivity contribution in [3.63, 3.8) is 0 Å². The summed E-state index contributed by atoms with van der Waals surface area (Å²) < 4.78 is 39.0. The summed E-state index contributed by atoms with van der Waals surface area (Å²) in [7, 11) is -2.01. The highest BCUT2D eigenvalue weighted by molar-refractivity contribution is 7.89. The Bertz CT molecular complexity index is 869.